The Morgan fingerprint density at radius 2 is 1.96 bits per heavy atom. The molecule has 3 rings (SSSR count). The zero-order chi connectivity index (χ0) is 16.4. The van der Waals surface area contributed by atoms with E-state index in [0.717, 1.165) is 24.8 Å². The summed E-state index contributed by atoms with van der Waals surface area (Å²) in [5, 5.41) is 9.52. The van der Waals surface area contributed by atoms with E-state index in [-0.39, 0.29) is 24.0 Å². The molecular formula is C18H23NO4. The standard InChI is InChI=1S/C18H23NO4/c1-23-18(8-5-9-18)10-16(20)19-11-14(15(12-19)17(21)22)13-6-3-2-4-7-13/h2-4,6-7,14-15H,5,8-12H2,1H3,(H,21,22)/t14-,15-/m0/s1. The van der Waals surface area contributed by atoms with Crippen molar-refractivity contribution in [1.82, 2.24) is 4.90 Å². The molecule has 0 spiro atoms. The van der Waals surface area contributed by atoms with Gasteiger partial charge in [0.1, 0.15) is 0 Å². The van der Waals surface area contributed by atoms with E-state index in [9.17, 15) is 14.7 Å². The number of ether oxygens (including phenoxy) is 1. The molecule has 5 heteroatoms. The van der Waals surface area contributed by atoms with Crippen molar-refractivity contribution in [3.63, 3.8) is 0 Å². The molecule has 5 nitrogen and oxygen atoms in total. The molecule has 1 aromatic rings. The van der Waals surface area contributed by atoms with E-state index in [1.807, 2.05) is 30.3 Å². The third-order valence-corrected chi connectivity index (χ3v) is 5.39. The molecule has 23 heavy (non-hydrogen) atoms. The molecule has 2 fully saturated rings. The maximum Gasteiger partial charge on any atom is 0.308 e. The average molecular weight is 317 g/mol. The molecule has 2 atom stereocenters. The molecule has 0 unspecified atom stereocenters. The van der Waals surface area contributed by atoms with Crippen molar-refractivity contribution in [3.8, 4) is 0 Å². The number of nitrogens with zero attached hydrogens (tertiary/aromatic N) is 1. The molecule has 0 aromatic heterocycles. The van der Waals surface area contributed by atoms with Crippen LogP contribution in [0.3, 0.4) is 0 Å². The van der Waals surface area contributed by atoms with E-state index in [1.165, 1.54) is 0 Å². The van der Waals surface area contributed by atoms with Crippen molar-refractivity contribution in [1.29, 1.82) is 0 Å². The summed E-state index contributed by atoms with van der Waals surface area (Å²) in [6.45, 7) is 0.757. The van der Waals surface area contributed by atoms with Gasteiger partial charge in [0, 0.05) is 26.1 Å². The van der Waals surface area contributed by atoms with Gasteiger partial charge in [-0.05, 0) is 24.8 Å². The fourth-order valence-corrected chi connectivity index (χ4v) is 3.71. The number of carbonyl (C=O) groups excluding carboxylic acids is 1. The molecule has 1 saturated heterocycles. The zero-order valence-electron chi connectivity index (χ0n) is 13.4. The molecule has 2 aliphatic rings. The molecular weight excluding hydrogens is 294 g/mol. The average Bonchev–Trinajstić information content (AvgIpc) is 2.97. The number of carbonyl (C=O) groups is 2. The molecule has 0 bridgehead atoms. The summed E-state index contributed by atoms with van der Waals surface area (Å²) < 4.78 is 5.53. The lowest BCUT2D eigenvalue weighted by Crippen LogP contribution is -2.44. The number of likely N-dealkylation sites (tertiary alicyclic amines) is 1. The highest BCUT2D eigenvalue weighted by Gasteiger charge is 2.44. The van der Waals surface area contributed by atoms with Crippen LogP contribution in [0.25, 0.3) is 0 Å². The Balaban J connectivity index is 1.72. The van der Waals surface area contributed by atoms with Crippen molar-refractivity contribution in [2.24, 2.45) is 5.92 Å². The van der Waals surface area contributed by atoms with Crippen LogP contribution in [0.5, 0.6) is 0 Å². The number of carboxylic acids is 1. The molecule has 1 aliphatic heterocycles. The Morgan fingerprint density at radius 1 is 1.26 bits per heavy atom. The van der Waals surface area contributed by atoms with Gasteiger partial charge in [-0.2, -0.15) is 0 Å². The third-order valence-electron chi connectivity index (χ3n) is 5.39. The molecule has 0 radical (unpaired) electrons. The summed E-state index contributed by atoms with van der Waals surface area (Å²) >= 11 is 0. The van der Waals surface area contributed by atoms with Gasteiger partial charge in [0.2, 0.25) is 5.91 Å². The Hall–Kier alpha value is -1.88. The topological polar surface area (TPSA) is 66.8 Å². The predicted molar refractivity (Wildman–Crippen MR) is 85.1 cm³/mol. The van der Waals surface area contributed by atoms with Crippen LogP contribution >= 0.6 is 0 Å². The van der Waals surface area contributed by atoms with Crippen LogP contribution in [-0.2, 0) is 14.3 Å². The Bertz CT molecular complexity index is 576. The second-order valence-corrected chi connectivity index (χ2v) is 6.68. The van der Waals surface area contributed by atoms with Gasteiger partial charge in [0.15, 0.2) is 0 Å². The summed E-state index contributed by atoms with van der Waals surface area (Å²) in [5.74, 6) is -1.51. The van der Waals surface area contributed by atoms with Crippen LogP contribution < -0.4 is 0 Å². The minimum Gasteiger partial charge on any atom is -0.481 e. The van der Waals surface area contributed by atoms with E-state index in [0.29, 0.717) is 13.0 Å². The number of hydrogen-bond donors (Lipinski definition) is 1. The first-order valence-electron chi connectivity index (χ1n) is 8.15. The van der Waals surface area contributed by atoms with E-state index in [1.54, 1.807) is 12.0 Å². The summed E-state index contributed by atoms with van der Waals surface area (Å²) in [7, 11) is 1.66. The van der Waals surface area contributed by atoms with Crippen molar-refractivity contribution in [2.75, 3.05) is 20.2 Å². The first-order valence-corrected chi connectivity index (χ1v) is 8.15. The van der Waals surface area contributed by atoms with Gasteiger partial charge in [-0.15, -0.1) is 0 Å². The fraction of sp³-hybridized carbons (Fsp3) is 0.556. The molecule has 1 N–H and O–H groups in total. The Kier molecular flexibility index (Phi) is 4.39. The van der Waals surface area contributed by atoms with Gasteiger partial charge in [-0.25, -0.2) is 0 Å². The summed E-state index contributed by atoms with van der Waals surface area (Å²) in [5.41, 5.74) is 0.668. The van der Waals surface area contributed by atoms with Crippen molar-refractivity contribution < 1.29 is 19.4 Å². The Labute approximate surface area is 136 Å². The number of rotatable bonds is 5. The van der Waals surface area contributed by atoms with E-state index < -0.39 is 11.9 Å². The molecule has 1 amide bonds. The number of hydrogen-bond acceptors (Lipinski definition) is 3. The highest BCUT2D eigenvalue weighted by Crippen LogP contribution is 2.40. The Morgan fingerprint density at radius 3 is 2.48 bits per heavy atom. The highest BCUT2D eigenvalue weighted by atomic mass is 16.5. The quantitative estimate of drug-likeness (QED) is 0.904. The summed E-state index contributed by atoms with van der Waals surface area (Å²) in [6, 6.07) is 9.62. The van der Waals surface area contributed by atoms with Gasteiger partial charge in [-0.1, -0.05) is 30.3 Å². The van der Waals surface area contributed by atoms with Crippen LogP contribution in [0.1, 0.15) is 37.2 Å². The lowest BCUT2D eigenvalue weighted by Gasteiger charge is -2.40. The minimum absolute atomic E-state index is 0.0104. The smallest absolute Gasteiger partial charge is 0.308 e. The van der Waals surface area contributed by atoms with Crippen LogP contribution in [0.15, 0.2) is 30.3 Å². The zero-order valence-corrected chi connectivity index (χ0v) is 13.4. The van der Waals surface area contributed by atoms with Crippen LogP contribution in [0.2, 0.25) is 0 Å². The van der Waals surface area contributed by atoms with Crippen molar-refractivity contribution >= 4 is 11.9 Å². The van der Waals surface area contributed by atoms with Crippen molar-refractivity contribution in [2.45, 2.75) is 37.2 Å². The summed E-state index contributed by atoms with van der Waals surface area (Å²) in [4.78, 5) is 25.9. The van der Waals surface area contributed by atoms with Gasteiger partial charge in [0.25, 0.3) is 0 Å². The highest BCUT2D eigenvalue weighted by molar-refractivity contribution is 5.80. The molecule has 1 aromatic carbocycles. The first kappa shape index (κ1) is 16.0. The molecule has 1 saturated carbocycles. The van der Waals surface area contributed by atoms with E-state index >= 15 is 0 Å². The molecule has 124 valence electrons. The van der Waals surface area contributed by atoms with Gasteiger partial charge >= 0.3 is 5.97 Å². The second kappa shape index (κ2) is 6.32. The van der Waals surface area contributed by atoms with E-state index in [2.05, 4.69) is 0 Å². The lowest BCUT2D eigenvalue weighted by atomic mass is 9.77. The number of methoxy groups -OCH3 is 1. The number of amides is 1. The second-order valence-electron chi connectivity index (χ2n) is 6.68. The molecule has 1 aliphatic carbocycles. The SMILES string of the molecule is COC1(CC(=O)N2C[C@H](C(=O)O)[C@H](c3ccccc3)C2)CCC1. The third kappa shape index (κ3) is 3.11. The van der Waals surface area contributed by atoms with Gasteiger partial charge < -0.3 is 14.7 Å². The van der Waals surface area contributed by atoms with Gasteiger partial charge in [-0.3, -0.25) is 9.59 Å². The van der Waals surface area contributed by atoms with Crippen LogP contribution in [0.4, 0.5) is 0 Å². The van der Waals surface area contributed by atoms with Gasteiger partial charge in [0.05, 0.1) is 17.9 Å². The van der Waals surface area contributed by atoms with Crippen molar-refractivity contribution in [3.05, 3.63) is 35.9 Å². The minimum atomic E-state index is -0.834. The summed E-state index contributed by atoms with van der Waals surface area (Å²) in [6.07, 6.45) is 3.27. The maximum atomic E-state index is 12.6. The number of carboxylic acid groups (broad SMARTS) is 1. The van der Waals surface area contributed by atoms with Crippen LogP contribution in [-0.4, -0.2) is 47.7 Å². The number of benzene rings is 1. The molecule has 1 heterocycles. The fourth-order valence-electron chi connectivity index (χ4n) is 3.71. The maximum absolute atomic E-state index is 12.6. The lowest BCUT2D eigenvalue weighted by molar-refractivity contribution is -0.144. The normalized spacial score (nSPS) is 25.9. The first-order chi connectivity index (χ1) is 11.0. The predicted octanol–water partition coefficient (Wildman–Crippen LogP) is 2.27. The largest absolute Gasteiger partial charge is 0.481 e. The monoisotopic (exact) mass is 317 g/mol. The number of aliphatic carboxylic acids is 1. The van der Waals surface area contributed by atoms with Crippen LogP contribution in [0, 0.1) is 5.92 Å². The van der Waals surface area contributed by atoms with E-state index in [4.69, 9.17) is 4.74 Å².